The zero-order chi connectivity index (χ0) is 19.6. The van der Waals surface area contributed by atoms with Gasteiger partial charge in [-0.15, -0.1) is 0 Å². The lowest BCUT2D eigenvalue weighted by Crippen LogP contribution is -2.23. The van der Waals surface area contributed by atoms with E-state index in [0.717, 1.165) is 12.1 Å². The number of hydrogen-bond donors (Lipinski definition) is 1. The highest BCUT2D eigenvalue weighted by atomic mass is 79.9. The minimum absolute atomic E-state index is 0.0132. The smallest absolute Gasteiger partial charge is 0.345 e. The molecule has 2 aromatic heterocycles. The molecule has 1 N–H and O–H groups in total. The Morgan fingerprint density at radius 1 is 1.30 bits per heavy atom. The molecule has 11 heteroatoms. The molecular formula is C16H9BrClF3N4O2. The van der Waals surface area contributed by atoms with E-state index in [1.54, 1.807) is 6.07 Å². The van der Waals surface area contributed by atoms with Crippen molar-refractivity contribution in [3.05, 3.63) is 63.1 Å². The van der Waals surface area contributed by atoms with Gasteiger partial charge in [-0.05, 0) is 46.3 Å². The maximum absolute atomic E-state index is 12.7. The van der Waals surface area contributed by atoms with Gasteiger partial charge in [0.1, 0.15) is 5.15 Å². The maximum atomic E-state index is 12.7. The molecule has 0 aliphatic carbocycles. The van der Waals surface area contributed by atoms with Crippen molar-refractivity contribution >= 4 is 33.4 Å². The number of nitrogens with zero attached hydrogens (tertiary/aromatic N) is 3. The van der Waals surface area contributed by atoms with Crippen LogP contribution in [0, 0.1) is 0 Å². The van der Waals surface area contributed by atoms with E-state index in [0.29, 0.717) is 5.56 Å². The molecule has 1 aromatic carbocycles. The Hall–Kier alpha value is -2.46. The number of carbonyl (C=O) groups excluding carboxylic acids is 1. The molecular weight excluding hydrogens is 453 g/mol. The van der Waals surface area contributed by atoms with Crippen LogP contribution in [-0.4, -0.2) is 21.0 Å². The van der Waals surface area contributed by atoms with Gasteiger partial charge < -0.3 is 9.84 Å². The lowest BCUT2D eigenvalue weighted by atomic mass is 10.1. The molecule has 0 saturated heterocycles. The van der Waals surface area contributed by atoms with Crippen molar-refractivity contribution in [3.63, 3.8) is 0 Å². The molecule has 0 radical (unpaired) electrons. The van der Waals surface area contributed by atoms with E-state index in [1.165, 1.54) is 18.3 Å². The highest BCUT2D eigenvalue weighted by molar-refractivity contribution is 9.10. The van der Waals surface area contributed by atoms with Crippen molar-refractivity contribution in [3.8, 4) is 11.5 Å². The van der Waals surface area contributed by atoms with Crippen molar-refractivity contribution in [2.24, 2.45) is 0 Å². The summed E-state index contributed by atoms with van der Waals surface area (Å²) in [6.45, 7) is -0.0637. The van der Waals surface area contributed by atoms with Crippen LogP contribution in [0.2, 0.25) is 5.15 Å². The minimum Gasteiger partial charge on any atom is -0.345 e. The molecule has 0 aliphatic heterocycles. The fourth-order valence-corrected chi connectivity index (χ4v) is 2.86. The van der Waals surface area contributed by atoms with Gasteiger partial charge in [0.05, 0.1) is 23.2 Å². The Morgan fingerprint density at radius 2 is 2.07 bits per heavy atom. The first-order valence-corrected chi connectivity index (χ1v) is 8.51. The second-order valence-electron chi connectivity index (χ2n) is 5.23. The number of hydrogen-bond acceptors (Lipinski definition) is 5. The molecule has 27 heavy (non-hydrogen) atoms. The first-order chi connectivity index (χ1) is 12.8. The lowest BCUT2D eigenvalue weighted by Gasteiger charge is -2.08. The summed E-state index contributed by atoms with van der Waals surface area (Å²) >= 11 is 8.91. The molecule has 0 spiro atoms. The summed E-state index contributed by atoms with van der Waals surface area (Å²) in [6, 6.07) is 6.13. The number of amides is 1. The number of aromatic nitrogens is 3. The van der Waals surface area contributed by atoms with E-state index in [4.69, 9.17) is 16.1 Å². The molecule has 0 unspecified atom stereocenters. The van der Waals surface area contributed by atoms with Gasteiger partial charge in [0.25, 0.3) is 11.8 Å². The van der Waals surface area contributed by atoms with Crippen molar-refractivity contribution in [2.45, 2.75) is 12.7 Å². The third-order valence-electron chi connectivity index (χ3n) is 3.41. The van der Waals surface area contributed by atoms with E-state index in [9.17, 15) is 18.0 Å². The van der Waals surface area contributed by atoms with Crippen LogP contribution >= 0.6 is 27.5 Å². The number of pyridine rings is 1. The summed E-state index contributed by atoms with van der Waals surface area (Å²) in [6.07, 6.45) is -3.01. The Bertz CT molecular complexity index is 994. The summed E-state index contributed by atoms with van der Waals surface area (Å²) in [5, 5.41) is 6.31. The fraction of sp³-hybridized carbons (Fsp3) is 0.125. The molecule has 0 saturated carbocycles. The quantitative estimate of drug-likeness (QED) is 0.579. The van der Waals surface area contributed by atoms with Gasteiger partial charge in [-0.1, -0.05) is 16.8 Å². The van der Waals surface area contributed by atoms with Gasteiger partial charge >= 0.3 is 6.18 Å². The van der Waals surface area contributed by atoms with Crippen LogP contribution in [0.25, 0.3) is 11.5 Å². The Balaban J connectivity index is 1.72. The second-order valence-corrected chi connectivity index (χ2v) is 6.44. The van der Waals surface area contributed by atoms with Crippen LogP contribution in [0.4, 0.5) is 13.2 Å². The van der Waals surface area contributed by atoms with Crippen molar-refractivity contribution in [1.82, 2.24) is 20.4 Å². The predicted molar refractivity (Wildman–Crippen MR) is 92.9 cm³/mol. The Morgan fingerprint density at radius 3 is 2.74 bits per heavy atom. The molecule has 1 amide bonds. The van der Waals surface area contributed by atoms with Gasteiger partial charge in [-0.25, -0.2) is 4.98 Å². The fourth-order valence-electron chi connectivity index (χ4n) is 2.11. The van der Waals surface area contributed by atoms with Gasteiger partial charge in [-0.2, -0.15) is 18.2 Å². The Kier molecular flexibility index (Phi) is 5.47. The molecule has 0 fully saturated rings. The molecule has 0 aliphatic rings. The average Bonchev–Trinajstić information content (AvgIpc) is 3.08. The number of halogens is 5. The molecule has 0 bridgehead atoms. The largest absolute Gasteiger partial charge is 0.416 e. The zero-order valence-electron chi connectivity index (χ0n) is 13.2. The van der Waals surface area contributed by atoms with E-state index < -0.39 is 17.6 Å². The predicted octanol–water partition coefficient (Wildman–Crippen LogP) is 4.50. The standard InChI is InChI=1S/C16H9BrClF3N4O2/c17-11-6-8(16(19,20)21)3-4-9(11)15-24-12(25-27-15)7-23-14(26)10-2-1-5-22-13(10)18/h1-6H,7H2,(H,23,26). The zero-order valence-corrected chi connectivity index (χ0v) is 15.6. The molecule has 6 nitrogen and oxygen atoms in total. The van der Waals surface area contributed by atoms with Crippen LogP contribution in [0.1, 0.15) is 21.7 Å². The third-order valence-corrected chi connectivity index (χ3v) is 4.36. The molecule has 0 atom stereocenters. The number of nitrogens with one attached hydrogen (secondary N) is 1. The highest BCUT2D eigenvalue weighted by Crippen LogP contribution is 2.35. The first-order valence-electron chi connectivity index (χ1n) is 7.34. The summed E-state index contributed by atoms with van der Waals surface area (Å²) in [7, 11) is 0. The van der Waals surface area contributed by atoms with Crippen LogP contribution in [0.5, 0.6) is 0 Å². The number of alkyl halides is 3. The van der Waals surface area contributed by atoms with E-state index in [1.807, 2.05) is 0 Å². The van der Waals surface area contributed by atoms with Crippen molar-refractivity contribution in [2.75, 3.05) is 0 Å². The van der Waals surface area contributed by atoms with Gasteiger partial charge in [0.2, 0.25) is 0 Å². The van der Waals surface area contributed by atoms with E-state index in [2.05, 4.69) is 36.4 Å². The minimum atomic E-state index is -4.46. The molecule has 140 valence electrons. The summed E-state index contributed by atoms with van der Waals surface area (Å²) in [4.78, 5) is 19.9. The van der Waals surface area contributed by atoms with E-state index >= 15 is 0 Å². The average molecular weight is 462 g/mol. The van der Waals surface area contributed by atoms with Crippen LogP contribution in [0.15, 0.2) is 45.5 Å². The van der Waals surface area contributed by atoms with Crippen LogP contribution < -0.4 is 5.32 Å². The Labute approximate surface area is 163 Å². The summed E-state index contributed by atoms with van der Waals surface area (Å²) < 4.78 is 43.4. The van der Waals surface area contributed by atoms with Gasteiger partial charge in [-0.3, -0.25) is 4.79 Å². The second kappa shape index (κ2) is 7.65. The summed E-state index contributed by atoms with van der Waals surface area (Å²) in [5.74, 6) is -0.320. The number of rotatable bonds is 4. The van der Waals surface area contributed by atoms with Crippen molar-refractivity contribution in [1.29, 1.82) is 0 Å². The van der Waals surface area contributed by atoms with E-state index in [-0.39, 0.29) is 33.4 Å². The normalized spacial score (nSPS) is 11.4. The molecule has 3 rings (SSSR count). The number of benzene rings is 1. The van der Waals surface area contributed by atoms with Crippen LogP contribution in [-0.2, 0) is 12.7 Å². The summed E-state index contributed by atoms with van der Waals surface area (Å²) in [5.41, 5.74) is -0.324. The van der Waals surface area contributed by atoms with Crippen molar-refractivity contribution < 1.29 is 22.5 Å². The van der Waals surface area contributed by atoms with Gasteiger partial charge in [0, 0.05) is 10.7 Å². The maximum Gasteiger partial charge on any atom is 0.416 e. The molecule has 3 aromatic rings. The van der Waals surface area contributed by atoms with Crippen LogP contribution in [0.3, 0.4) is 0 Å². The van der Waals surface area contributed by atoms with Gasteiger partial charge in [0.15, 0.2) is 5.82 Å². The number of carbonyl (C=O) groups is 1. The third kappa shape index (κ3) is 4.45. The highest BCUT2D eigenvalue weighted by Gasteiger charge is 2.31. The SMILES string of the molecule is O=C(NCc1noc(-c2ccc(C(F)(F)F)cc2Br)n1)c1cccnc1Cl. The lowest BCUT2D eigenvalue weighted by molar-refractivity contribution is -0.137. The first kappa shape index (κ1) is 19.3. The molecule has 2 heterocycles. The monoisotopic (exact) mass is 460 g/mol. The topological polar surface area (TPSA) is 80.9 Å².